The summed E-state index contributed by atoms with van der Waals surface area (Å²) in [4.78, 5) is 16.0. The molecule has 8 nitrogen and oxygen atoms in total. The first-order valence-corrected chi connectivity index (χ1v) is 14.3. The van der Waals surface area contributed by atoms with Gasteiger partial charge in [-0.15, -0.1) is 0 Å². The van der Waals surface area contributed by atoms with Crippen molar-refractivity contribution < 1.29 is 19.4 Å². The van der Waals surface area contributed by atoms with Crippen molar-refractivity contribution in [3.8, 4) is 11.1 Å². The zero-order valence-corrected chi connectivity index (χ0v) is 24.1. The van der Waals surface area contributed by atoms with Crippen LogP contribution in [0.3, 0.4) is 0 Å². The number of aromatic nitrogens is 2. The Bertz CT molecular complexity index is 1460. The minimum Gasteiger partial charge on any atom is -0.392 e. The predicted octanol–water partition coefficient (Wildman–Crippen LogP) is 6.41. The van der Waals surface area contributed by atoms with Crippen LogP contribution in [-0.2, 0) is 29.2 Å². The smallest absolute Gasteiger partial charge is 0.315 e. The summed E-state index contributed by atoms with van der Waals surface area (Å²) in [5.74, 6) is 0. The lowest BCUT2D eigenvalue weighted by Gasteiger charge is -2.36. The average Bonchev–Trinajstić information content (AvgIpc) is 3.32. The first kappa shape index (κ1) is 29.1. The molecule has 0 saturated carbocycles. The Balaban J connectivity index is 1.37. The van der Waals surface area contributed by atoms with Crippen molar-refractivity contribution in [2.24, 2.45) is 0 Å². The molecule has 3 unspecified atom stereocenters. The highest BCUT2D eigenvalue weighted by Crippen LogP contribution is 2.39. The molecule has 2 heterocycles. The van der Waals surface area contributed by atoms with Crippen molar-refractivity contribution in [2.75, 3.05) is 6.54 Å². The fourth-order valence-corrected chi connectivity index (χ4v) is 5.21. The molecule has 214 valence electrons. The Hall–Kier alpha value is -3.40. The van der Waals surface area contributed by atoms with Gasteiger partial charge in [0.05, 0.1) is 31.7 Å². The SMILES string of the molecule is CCNC(=O)NCc1ccccc1-c1ccc(C2OC(Cn3cnc(Cl)c3Cl)CC(c3ccc(CO)cc3)O2)cc1. The first-order valence-electron chi connectivity index (χ1n) is 13.5. The van der Waals surface area contributed by atoms with Crippen molar-refractivity contribution in [2.45, 2.75) is 51.5 Å². The van der Waals surface area contributed by atoms with Gasteiger partial charge in [0.25, 0.3) is 0 Å². The van der Waals surface area contributed by atoms with E-state index in [1.807, 2.05) is 79.7 Å². The molecule has 1 aromatic heterocycles. The third kappa shape index (κ3) is 7.09. The Morgan fingerprint density at radius 1 is 1.00 bits per heavy atom. The van der Waals surface area contributed by atoms with Gasteiger partial charge in [-0.2, -0.15) is 0 Å². The standard InChI is InChI=1S/C31H32Cl2N4O4/c1-2-34-31(39)35-16-24-5-3-4-6-26(24)21-11-13-23(14-12-21)30-40-25(17-37-19-36-28(32)29(37)33)15-27(41-30)22-9-7-20(18-38)8-10-22/h3-14,19,25,27,30,38H,2,15-18H2,1H3,(H2,34,35,39). The number of nitrogens with one attached hydrogen (secondary N) is 2. The van der Waals surface area contributed by atoms with Gasteiger partial charge in [0.1, 0.15) is 5.15 Å². The van der Waals surface area contributed by atoms with Gasteiger partial charge < -0.3 is 29.8 Å². The molecular formula is C31H32Cl2N4O4. The van der Waals surface area contributed by atoms with E-state index in [4.69, 9.17) is 32.7 Å². The number of ether oxygens (including phenoxy) is 2. The molecule has 0 bridgehead atoms. The highest BCUT2D eigenvalue weighted by atomic mass is 35.5. The monoisotopic (exact) mass is 594 g/mol. The second kappa shape index (κ2) is 13.5. The topological polar surface area (TPSA) is 97.6 Å². The Labute approximate surface area is 249 Å². The molecule has 1 aliphatic rings. The van der Waals surface area contributed by atoms with Crippen LogP contribution in [0, 0.1) is 0 Å². The summed E-state index contributed by atoms with van der Waals surface area (Å²) in [6, 6.07) is 23.6. The molecule has 41 heavy (non-hydrogen) atoms. The van der Waals surface area contributed by atoms with Crippen LogP contribution in [0.2, 0.25) is 10.3 Å². The number of nitrogens with zero attached hydrogens (tertiary/aromatic N) is 2. The van der Waals surface area contributed by atoms with Crippen LogP contribution >= 0.6 is 23.2 Å². The number of urea groups is 1. The van der Waals surface area contributed by atoms with Gasteiger partial charge in [-0.25, -0.2) is 9.78 Å². The molecule has 0 aliphatic carbocycles. The van der Waals surface area contributed by atoms with Crippen molar-refractivity contribution in [3.05, 3.63) is 112 Å². The molecule has 3 atom stereocenters. The normalized spacial score (nSPS) is 18.7. The number of imidazole rings is 1. The van der Waals surface area contributed by atoms with E-state index in [0.29, 0.717) is 31.2 Å². The van der Waals surface area contributed by atoms with E-state index in [2.05, 4.69) is 15.6 Å². The third-order valence-corrected chi connectivity index (χ3v) is 7.81. The summed E-state index contributed by atoms with van der Waals surface area (Å²) in [5, 5.41) is 15.7. The van der Waals surface area contributed by atoms with Crippen molar-refractivity contribution >= 4 is 29.2 Å². The number of aliphatic hydroxyl groups excluding tert-OH is 1. The number of benzene rings is 3. The van der Waals surface area contributed by atoms with E-state index < -0.39 is 6.29 Å². The molecule has 3 N–H and O–H groups in total. The fraction of sp³-hybridized carbons (Fsp3) is 0.290. The Kier molecular flexibility index (Phi) is 9.59. The van der Waals surface area contributed by atoms with E-state index in [-0.39, 0.29) is 30.0 Å². The molecule has 1 aliphatic heterocycles. The second-order valence-corrected chi connectivity index (χ2v) is 10.5. The highest BCUT2D eigenvalue weighted by Gasteiger charge is 2.33. The summed E-state index contributed by atoms with van der Waals surface area (Å²) in [6.07, 6.45) is 1.14. The zero-order valence-electron chi connectivity index (χ0n) is 22.6. The Morgan fingerprint density at radius 3 is 2.41 bits per heavy atom. The highest BCUT2D eigenvalue weighted by molar-refractivity contribution is 6.40. The number of carbonyl (C=O) groups is 1. The van der Waals surface area contributed by atoms with Gasteiger partial charge in [0, 0.05) is 25.1 Å². The van der Waals surface area contributed by atoms with Crippen LogP contribution in [0.25, 0.3) is 11.1 Å². The maximum atomic E-state index is 11.9. The predicted molar refractivity (Wildman–Crippen MR) is 158 cm³/mol. The minimum absolute atomic E-state index is 0.0163. The van der Waals surface area contributed by atoms with Crippen LogP contribution in [-0.4, -0.2) is 33.3 Å². The molecular weight excluding hydrogens is 563 g/mol. The quantitative estimate of drug-likeness (QED) is 0.208. The third-order valence-electron chi connectivity index (χ3n) is 7.04. The van der Waals surface area contributed by atoms with Crippen LogP contribution in [0.5, 0.6) is 0 Å². The fourth-order valence-electron chi connectivity index (χ4n) is 4.90. The van der Waals surface area contributed by atoms with Crippen molar-refractivity contribution in [3.63, 3.8) is 0 Å². The number of carbonyl (C=O) groups excluding carboxylic acids is 1. The van der Waals surface area contributed by atoms with Crippen molar-refractivity contribution in [1.29, 1.82) is 0 Å². The molecule has 1 fully saturated rings. The van der Waals surface area contributed by atoms with Gasteiger partial charge in [0.2, 0.25) is 0 Å². The number of rotatable bonds is 9. The summed E-state index contributed by atoms with van der Waals surface area (Å²) in [5.41, 5.74) is 5.78. The van der Waals surface area contributed by atoms with Gasteiger partial charge in [-0.1, -0.05) is 96.0 Å². The van der Waals surface area contributed by atoms with E-state index in [0.717, 1.165) is 33.4 Å². The largest absolute Gasteiger partial charge is 0.392 e. The lowest BCUT2D eigenvalue weighted by molar-refractivity contribution is -0.252. The van der Waals surface area contributed by atoms with E-state index >= 15 is 0 Å². The number of hydrogen-bond acceptors (Lipinski definition) is 5. The molecule has 2 amide bonds. The molecule has 4 aromatic rings. The average molecular weight is 596 g/mol. The maximum absolute atomic E-state index is 11.9. The number of aliphatic hydroxyl groups is 1. The second-order valence-electron chi connectivity index (χ2n) is 9.82. The maximum Gasteiger partial charge on any atom is 0.315 e. The summed E-state index contributed by atoms with van der Waals surface area (Å²) >= 11 is 12.4. The van der Waals surface area contributed by atoms with Gasteiger partial charge in [-0.3, -0.25) is 0 Å². The molecule has 1 saturated heterocycles. The van der Waals surface area contributed by atoms with E-state index in [1.165, 1.54) is 0 Å². The van der Waals surface area contributed by atoms with Gasteiger partial charge >= 0.3 is 6.03 Å². The molecule has 0 spiro atoms. The van der Waals surface area contributed by atoms with Gasteiger partial charge in [-0.05, 0) is 34.7 Å². The lowest BCUT2D eigenvalue weighted by Crippen LogP contribution is -2.34. The molecule has 5 rings (SSSR count). The van der Waals surface area contributed by atoms with Gasteiger partial charge in [0.15, 0.2) is 11.4 Å². The van der Waals surface area contributed by atoms with E-state index in [9.17, 15) is 9.90 Å². The zero-order chi connectivity index (χ0) is 28.8. The number of halogens is 2. The molecule has 0 radical (unpaired) electrons. The van der Waals surface area contributed by atoms with Crippen LogP contribution in [0.15, 0.2) is 79.1 Å². The number of amides is 2. The minimum atomic E-state index is -0.613. The summed E-state index contributed by atoms with van der Waals surface area (Å²) < 4.78 is 14.7. The van der Waals surface area contributed by atoms with Crippen molar-refractivity contribution in [1.82, 2.24) is 20.2 Å². The number of hydrogen-bond donors (Lipinski definition) is 3. The molecule has 10 heteroatoms. The first-order chi connectivity index (χ1) is 19.9. The Morgan fingerprint density at radius 2 is 1.73 bits per heavy atom. The lowest BCUT2D eigenvalue weighted by atomic mass is 9.97. The van der Waals surface area contributed by atoms with E-state index in [1.54, 1.807) is 10.9 Å². The van der Waals surface area contributed by atoms with Crippen LogP contribution in [0.1, 0.15) is 48.0 Å². The van der Waals surface area contributed by atoms with Crippen LogP contribution < -0.4 is 10.6 Å². The van der Waals surface area contributed by atoms with Crippen LogP contribution in [0.4, 0.5) is 4.79 Å². The molecule has 3 aromatic carbocycles. The summed E-state index contributed by atoms with van der Waals surface area (Å²) in [7, 11) is 0. The summed E-state index contributed by atoms with van der Waals surface area (Å²) in [6.45, 7) is 3.32.